The number of likely N-dealkylation sites (tertiary alicyclic amines) is 1. The van der Waals surface area contributed by atoms with Crippen molar-refractivity contribution in [2.75, 3.05) is 25.4 Å². The second kappa shape index (κ2) is 7.60. The van der Waals surface area contributed by atoms with Crippen LogP contribution in [0.25, 0.3) is 0 Å². The van der Waals surface area contributed by atoms with Gasteiger partial charge >= 0.3 is 0 Å². The average Bonchev–Trinajstić information content (AvgIpc) is 2.40. The van der Waals surface area contributed by atoms with Gasteiger partial charge in [-0.25, -0.2) is 0 Å². The lowest BCUT2D eigenvalue weighted by molar-refractivity contribution is 0.257. The molecular weight excluding hydrogens is 214 g/mol. The fraction of sp³-hybridized carbons (Fsp3) is 1.00. The molecule has 0 atom stereocenters. The van der Waals surface area contributed by atoms with Crippen molar-refractivity contribution in [3.63, 3.8) is 0 Å². The average molecular weight is 243 g/mol. The summed E-state index contributed by atoms with van der Waals surface area (Å²) in [5.41, 5.74) is 0.584. The summed E-state index contributed by atoms with van der Waals surface area (Å²) in [5.74, 6) is 1.05. The van der Waals surface area contributed by atoms with E-state index >= 15 is 0 Å². The van der Waals surface area contributed by atoms with E-state index in [4.69, 9.17) is 0 Å². The van der Waals surface area contributed by atoms with Gasteiger partial charge in [-0.1, -0.05) is 26.7 Å². The second-order valence-electron chi connectivity index (χ2n) is 6.00. The Kier molecular flexibility index (Phi) is 6.83. The minimum Gasteiger partial charge on any atom is -0.303 e. The van der Waals surface area contributed by atoms with Gasteiger partial charge in [0.15, 0.2) is 0 Å². The van der Waals surface area contributed by atoms with Crippen LogP contribution in [0.5, 0.6) is 0 Å². The highest BCUT2D eigenvalue weighted by molar-refractivity contribution is 7.80. The first-order valence-corrected chi connectivity index (χ1v) is 7.60. The minimum absolute atomic E-state index is 0.584. The maximum absolute atomic E-state index is 4.25. The van der Waals surface area contributed by atoms with Gasteiger partial charge in [0.1, 0.15) is 0 Å². The summed E-state index contributed by atoms with van der Waals surface area (Å²) in [5, 5.41) is 0. The molecule has 1 aliphatic heterocycles. The van der Waals surface area contributed by atoms with E-state index in [0.29, 0.717) is 5.41 Å². The maximum atomic E-state index is 4.25. The predicted octanol–water partition coefficient (Wildman–Crippen LogP) is 3.99. The van der Waals surface area contributed by atoms with Crippen LogP contribution in [0.15, 0.2) is 0 Å². The fourth-order valence-corrected chi connectivity index (χ4v) is 2.73. The summed E-state index contributed by atoms with van der Waals surface area (Å²) in [7, 11) is 0. The quantitative estimate of drug-likeness (QED) is 0.545. The van der Waals surface area contributed by atoms with Crippen LogP contribution < -0.4 is 0 Å². The van der Waals surface area contributed by atoms with Crippen molar-refractivity contribution < 1.29 is 0 Å². The molecule has 0 N–H and O–H groups in total. The van der Waals surface area contributed by atoms with Crippen molar-refractivity contribution in [3.05, 3.63) is 0 Å². The van der Waals surface area contributed by atoms with Crippen LogP contribution in [0.4, 0.5) is 0 Å². The van der Waals surface area contributed by atoms with Crippen LogP contribution in [0, 0.1) is 5.41 Å². The summed E-state index contributed by atoms with van der Waals surface area (Å²) in [4.78, 5) is 2.68. The minimum atomic E-state index is 0.584. The monoisotopic (exact) mass is 243 g/mol. The van der Waals surface area contributed by atoms with E-state index in [1.54, 1.807) is 0 Å². The van der Waals surface area contributed by atoms with Crippen molar-refractivity contribution in [3.8, 4) is 0 Å². The molecule has 0 saturated carbocycles. The van der Waals surface area contributed by atoms with Gasteiger partial charge in [0.25, 0.3) is 0 Å². The Labute approximate surface area is 107 Å². The molecule has 96 valence electrons. The molecule has 2 heteroatoms. The Hall–Kier alpha value is 0.310. The Balaban J connectivity index is 2.08. The van der Waals surface area contributed by atoms with E-state index in [9.17, 15) is 0 Å². The number of unbranched alkanes of at least 4 members (excludes halogenated alkanes) is 3. The third kappa shape index (κ3) is 6.15. The molecule has 1 fully saturated rings. The fourth-order valence-electron chi connectivity index (χ4n) is 2.50. The molecule has 0 radical (unpaired) electrons. The molecule has 0 unspecified atom stereocenters. The van der Waals surface area contributed by atoms with Crippen LogP contribution >= 0.6 is 12.6 Å². The molecule has 0 bridgehead atoms. The highest BCUT2D eigenvalue weighted by Gasteiger charge is 2.22. The molecule has 1 aliphatic rings. The normalized spacial score (nSPS) is 21.9. The topological polar surface area (TPSA) is 3.24 Å². The highest BCUT2D eigenvalue weighted by Crippen LogP contribution is 2.29. The maximum Gasteiger partial charge on any atom is -0.00136 e. The van der Waals surface area contributed by atoms with Crippen LogP contribution in [-0.2, 0) is 0 Å². The molecule has 0 amide bonds. The number of nitrogens with zero attached hydrogens (tertiary/aromatic N) is 1. The summed E-state index contributed by atoms with van der Waals surface area (Å²) in [6.45, 7) is 8.81. The van der Waals surface area contributed by atoms with Gasteiger partial charge in [-0.15, -0.1) is 0 Å². The van der Waals surface area contributed by atoms with E-state index in [-0.39, 0.29) is 0 Å². The Morgan fingerprint density at radius 1 is 1.00 bits per heavy atom. The van der Waals surface area contributed by atoms with Crippen molar-refractivity contribution in [2.24, 2.45) is 5.41 Å². The Morgan fingerprint density at radius 2 is 1.75 bits per heavy atom. The van der Waals surface area contributed by atoms with E-state index in [0.717, 1.165) is 5.75 Å². The van der Waals surface area contributed by atoms with E-state index in [2.05, 4.69) is 31.4 Å². The summed E-state index contributed by atoms with van der Waals surface area (Å²) < 4.78 is 0. The first-order valence-electron chi connectivity index (χ1n) is 6.97. The van der Waals surface area contributed by atoms with Crippen molar-refractivity contribution >= 4 is 12.6 Å². The summed E-state index contributed by atoms with van der Waals surface area (Å²) in [6, 6.07) is 0. The largest absolute Gasteiger partial charge is 0.303 e. The lowest BCUT2D eigenvalue weighted by Gasteiger charge is -2.23. The molecule has 0 aromatic heterocycles. The van der Waals surface area contributed by atoms with Crippen molar-refractivity contribution in [1.29, 1.82) is 0 Å². The van der Waals surface area contributed by atoms with Gasteiger partial charge in [-0.2, -0.15) is 12.6 Å². The molecule has 0 aromatic carbocycles. The first kappa shape index (κ1) is 14.4. The zero-order valence-corrected chi connectivity index (χ0v) is 12.1. The van der Waals surface area contributed by atoms with Gasteiger partial charge in [0.2, 0.25) is 0 Å². The zero-order chi connectivity index (χ0) is 11.9. The van der Waals surface area contributed by atoms with Gasteiger partial charge in [0.05, 0.1) is 0 Å². The molecule has 1 saturated heterocycles. The number of hydrogen-bond acceptors (Lipinski definition) is 2. The van der Waals surface area contributed by atoms with Crippen LogP contribution in [-0.4, -0.2) is 30.3 Å². The standard InChI is InChI=1S/C14H29NS/c1-14(2)8-7-11-15(12-9-14)10-5-3-4-6-13-16/h16H,3-13H2,1-2H3. The number of rotatable bonds is 6. The predicted molar refractivity (Wildman–Crippen MR) is 76.4 cm³/mol. The molecular formula is C14H29NS. The molecule has 1 rings (SSSR count). The van der Waals surface area contributed by atoms with Gasteiger partial charge in [-0.3, -0.25) is 0 Å². The molecule has 1 nitrogen and oxygen atoms in total. The van der Waals surface area contributed by atoms with Crippen LogP contribution in [0.2, 0.25) is 0 Å². The third-order valence-electron chi connectivity index (χ3n) is 3.82. The molecule has 1 heterocycles. The van der Waals surface area contributed by atoms with Crippen LogP contribution in [0.1, 0.15) is 58.8 Å². The van der Waals surface area contributed by atoms with Crippen LogP contribution in [0.3, 0.4) is 0 Å². The number of thiol groups is 1. The lowest BCUT2D eigenvalue weighted by atomic mass is 9.85. The lowest BCUT2D eigenvalue weighted by Crippen LogP contribution is -2.26. The Morgan fingerprint density at radius 3 is 2.50 bits per heavy atom. The van der Waals surface area contributed by atoms with E-state index < -0.39 is 0 Å². The van der Waals surface area contributed by atoms with Crippen molar-refractivity contribution in [2.45, 2.75) is 58.8 Å². The van der Waals surface area contributed by atoms with Gasteiger partial charge in [0, 0.05) is 0 Å². The molecule has 16 heavy (non-hydrogen) atoms. The smallest absolute Gasteiger partial charge is 0.00136 e. The first-order chi connectivity index (χ1) is 7.64. The van der Waals surface area contributed by atoms with Gasteiger partial charge in [-0.05, 0) is 62.9 Å². The van der Waals surface area contributed by atoms with Gasteiger partial charge < -0.3 is 4.90 Å². The molecule has 0 aliphatic carbocycles. The van der Waals surface area contributed by atoms with E-state index in [1.807, 2.05) is 0 Å². The SMILES string of the molecule is CC1(C)CCCN(CCCCCCS)CC1. The highest BCUT2D eigenvalue weighted by atomic mass is 32.1. The molecule has 0 aromatic rings. The number of hydrogen-bond donors (Lipinski definition) is 1. The van der Waals surface area contributed by atoms with E-state index in [1.165, 1.54) is 64.6 Å². The zero-order valence-electron chi connectivity index (χ0n) is 11.2. The summed E-state index contributed by atoms with van der Waals surface area (Å²) >= 11 is 4.25. The van der Waals surface area contributed by atoms with Crippen molar-refractivity contribution in [1.82, 2.24) is 4.90 Å². The molecule has 0 spiro atoms. The third-order valence-corrected chi connectivity index (χ3v) is 4.13. The second-order valence-corrected chi connectivity index (χ2v) is 6.44. The Bertz CT molecular complexity index is 180. The summed E-state index contributed by atoms with van der Waals surface area (Å²) in [6.07, 6.45) is 9.60.